The molecule has 544 valence electrons. The largest absolute Gasteiger partial charge is 0.493 e. The maximum absolute atomic E-state index is 13.1. The highest BCUT2D eigenvalue weighted by atomic mass is 32.2. The van der Waals surface area contributed by atoms with Crippen molar-refractivity contribution >= 4 is 69.5 Å². The SMILES string of the molecule is CCCCc1nccc(SC)c1C(=O)Nc1ccc(C)c(C(F)(F)F)c1.CCOc1cccc(OCCN(C)C)c1C(=O)Nc1ccncc1.CCOc1ccsc1C(=O)Nc1ccc(C)c(C(F)(F)F)c1.CCOc1ncnc(OCCN(C)C)c1C(=O)Nc1ccc(C)c(C(F)(F)F)c1. The van der Waals surface area contributed by atoms with Crippen LogP contribution in [0.2, 0.25) is 0 Å². The van der Waals surface area contributed by atoms with Gasteiger partial charge in [0.25, 0.3) is 23.6 Å². The minimum atomic E-state index is -4.53. The van der Waals surface area contributed by atoms with Crippen LogP contribution in [0.5, 0.6) is 29.0 Å². The van der Waals surface area contributed by atoms with Gasteiger partial charge in [-0.05, 0) is 184 Å². The van der Waals surface area contributed by atoms with Gasteiger partial charge in [0.1, 0.15) is 47.2 Å². The molecule has 0 saturated heterocycles. The predicted molar refractivity (Wildman–Crippen MR) is 374 cm³/mol. The number of hydrogen-bond donors (Lipinski definition) is 4. The molecule has 0 aliphatic heterocycles. The van der Waals surface area contributed by atoms with Crippen LogP contribution in [0, 0.1) is 20.8 Å². The van der Waals surface area contributed by atoms with Crippen LogP contribution in [0.15, 0.2) is 132 Å². The smallest absolute Gasteiger partial charge is 0.416 e. The van der Waals surface area contributed by atoms with Crippen LogP contribution < -0.4 is 45.0 Å². The first-order valence-electron chi connectivity index (χ1n) is 31.5. The lowest BCUT2D eigenvalue weighted by molar-refractivity contribution is -0.138. The first kappa shape index (κ1) is 82.1. The first-order chi connectivity index (χ1) is 47.8. The lowest BCUT2D eigenvalue weighted by atomic mass is 10.1. The Morgan fingerprint density at radius 2 is 0.941 bits per heavy atom. The number of anilines is 4. The van der Waals surface area contributed by atoms with E-state index in [1.165, 1.54) is 86.6 Å². The molecule has 0 unspecified atom stereocenters. The average Bonchev–Trinajstić information content (AvgIpc) is 1.20. The number of benzene rings is 4. The number of ether oxygens (including phenoxy) is 5. The molecule has 4 amide bonds. The van der Waals surface area contributed by atoms with E-state index >= 15 is 0 Å². The third kappa shape index (κ3) is 25.6. The Hall–Kier alpha value is -9.52. The van der Waals surface area contributed by atoms with Gasteiger partial charge in [0, 0.05) is 59.3 Å². The number of thioether (sulfide) groups is 1. The number of aryl methyl sites for hydroxylation is 4. The van der Waals surface area contributed by atoms with Gasteiger partial charge in [0.05, 0.1) is 47.8 Å². The number of likely N-dealkylation sites (N-methyl/N-ethyl adjacent to an activating group) is 2. The summed E-state index contributed by atoms with van der Waals surface area (Å²) < 4.78 is 145. The minimum Gasteiger partial charge on any atom is -0.493 e. The molecule has 0 fully saturated rings. The van der Waals surface area contributed by atoms with E-state index in [1.807, 2.05) is 64.2 Å². The first-order valence-corrected chi connectivity index (χ1v) is 33.6. The van der Waals surface area contributed by atoms with Gasteiger partial charge in [0.15, 0.2) is 5.56 Å². The molecule has 0 saturated carbocycles. The monoisotopic (exact) mass is 1450 g/mol. The number of nitrogens with one attached hydrogen (secondary N) is 4. The Morgan fingerprint density at radius 3 is 1.42 bits per heavy atom. The summed E-state index contributed by atoms with van der Waals surface area (Å²) in [5, 5.41) is 12.1. The number of amides is 4. The van der Waals surface area contributed by atoms with Crippen LogP contribution in [-0.2, 0) is 24.9 Å². The van der Waals surface area contributed by atoms with Crippen molar-refractivity contribution in [1.29, 1.82) is 0 Å². The van der Waals surface area contributed by atoms with Gasteiger partial charge in [-0.2, -0.15) is 39.5 Å². The molecular formula is C71H81F9N10O9S2. The standard InChI is InChI=1S/C19H23F3N4O3.C19H21F3N2OS.C18H23N3O3.C15H14F3NO2S/c1-5-28-17-15(18(24-11-23-17)29-9-8-26(3)4)16(27)25-13-7-6-12(2)14(10-13)19(20,21)22;1-4-5-6-15-17(16(26-3)9-10-23-15)18(25)24-13-8-7-12(2)14(11-13)19(20,21)22;1-4-23-15-6-5-7-16(24-13-12-21(2)3)17(15)18(22)20-14-8-10-19-11-9-14;1-3-21-12-6-7-22-13(12)14(20)19-10-5-4-9(2)11(8-10)15(16,17)18/h6-7,10-11H,5,8-9H2,1-4H3,(H,25,27);7-11H,4-6H2,1-3H3,(H,24,25);5-11H,4,12-13H2,1-3H3,(H,19,20,22);4-8H,3H2,1-2H3,(H,19,20). The molecule has 0 radical (unpaired) electrons. The summed E-state index contributed by atoms with van der Waals surface area (Å²) in [6.07, 6.45) is -3.01. The molecule has 101 heavy (non-hydrogen) atoms. The third-order valence-electron chi connectivity index (χ3n) is 14.1. The molecule has 30 heteroatoms. The Bertz CT molecular complexity index is 4010. The van der Waals surface area contributed by atoms with E-state index < -0.39 is 52.9 Å². The van der Waals surface area contributed by atoms with Crippen molar-refractivity contribution in [2.75, 3.05) is 102 Å². The highest BCUT2D eigenvalue weighted by Crippen LogP contribution is 2.38. The summed E-state index contributed by atoms with van der Waals surface area (Å²) in [6.45, 7) is 14.7. The van der Waals surface area contributed by atoms with Crippen LogP contribution in [-0.4, -0.2) is 134 Å². The predicted octanol–water partition coefficient (Wildman–Crippen LogP) is 16.5. The van der Waals surface area contributed by atoms with E-state index in [4.69, 9.17) is 23.7 Å². The number of nitrogens with zero attached hydrogens (tertiary/aromatic N) is 6. The molecule has 8 rings (SSSR count). The molecule has 0 spiro atoms. The number of carbonyl (C=O) groups is 4. The highest BCUT2D eigenvalue weighted by molar-refractivity contribution is 7.98. The summed E-state index contributed by atoms with van der Waals surface area (Å²) in [6, 6.07) is 23.3. The zero-order chi connectivity index (χ0) is 74.6. The normalized spacial score (nSPS) is 11.2. The fourth-order valence-electron chi connectivity index (χ4n) is 9.08. The Morgan fingerprint density at radius 1 is 0.495 bits per heavy atom. The Balaban J connectivity index is 0.000000244. The number of carbonyl (C=O) groups excluding carboxylic acids is 4. The zero-order valence-electron chi connectivity index (χ0n) is 57.8. The maximum Gasteiger partial charge on any atom is 0.416 e. The van der Waals surface area contributed by atoms with Gasteiger partial charge >= 0.3 is 18.5 Å². The summed E-state index contributed by atoms with van der Waals surface area (Å²) in [4.78, 5) is 71.6. The van der Waals surface area contributed by atoms with E-state index in [9.17, 15) is 58.7 Å². The number of aromatic nitrogens is 4. The Kier molecular flexibility index (Phi) is 32.1. The Labute approximate surface area is 588 Å². The highest BCUT2D eigenvalue weighted by Gasteiger charge is 2.35. The second-order valence-electron chi connectivity index (χ2n) is 22.3. The second-order valence-corrected chi connectivity index (χ2v) is 24.0. The quantitative estimate of drug-likeness (QED) is 0.0292. The molecule has 4 aromatic heterocycles. The molecule has 0 bridgehead atoms. The topological polar surface area (TPSA) is 221 Å². The fourth-order valence-corrected chi connectivity index (χ4v) is 10.4. The van der Waals surface area contributed by atoms with Crippen molar-refractivity contribution in [2.24, 2.45) is 0 Å². The fraction of sp³-hybridized carbons (Fsp3) is 0.352. The summed E-state index contributed by atoms with van der Waals surface area (Å²) >= 11 is 2.58. The van der Waals surface area contributed by atoms with Crippen LogP contribution in [0.1, 0.15) is 120 Å². The number of rotatable bonds is 26. The van der Waals surface area contributed by atoms with E-state index in [-0.39, 0.29) is 70.2 Å². The number of pyridine rings is 2. The second kappa shape index (κ2) is 39.5. The average molecular weight is 1450 g/mol. The third-order valence-corrected chi connectivity index (χ3v) is 15.7. The van der Waals surface area contributed by atoms with Crippen molar-refractivity contribution in [2.45, 2.75) is 91.2 Å². The van der Waals surface area contributed by atoms with E-state index in [0.717, 1.165) is 42.5 Å². The number of halogens is 9. The van der Waals surface area contributed by atoms with Gasteiger partial charge < -0.3 is 54.8 Å². The molecule has 8 aromatic rings. The molecule has 4 aromatic carbocycles. The van der Waals surface area contributed by atoms with E-state index in [2.05, 4.69) is 41.2 Å². The van der Waals surface area contributed by atoms with Crippen molar-refractivity contribution in [3.8, 4) is 29.0 Å². The van der Waals surface area contributed by atoms with Crippen molar-refractivity contribution in [3.63, 3.8) is 0 Å². The maximum atomic E-state index is 13.1. The van der Waals surface area contributed by atoms with Gasteiger partial charge in [-0.1, -0.05) is 37.6 Å². The van der Waals surface area contributed by atoms with Crippen LogP contribution in [0.25, 0.3) is 0 Å². The van der Waals surface area contributed by atoms with Crippen LogP contribution in [0.3, 0.4) is 0 Å². The molecular weight excluding hydrogens is 1370 g/mol. The van der Waals surface area contributed by atoms with E-state index in [0.29, 0.717) is 77.4 Å². The van der Waals surface area contributed by atoms with Gasteiger partial charge in [-0.25, -0.2) is 9.97 Å². The molecule has 19 nitrogen and oxygen atoms in total. The molecule has 0 atom stereocenters. The molecule has 4 N–H and O–H groups in total. The lowest BCUT2D eigenvalue weighted by Crippen LogP contribution is -2.22. The van der Waals surface area contributed by atoms with Gasteiger partial charge in [-0.3, -0.25) is 29.1 Å². The minimum absolute atomic E-state index is 0.00837. The summed E-state index contributed by atoms with van der Waals surface area (Å²) in [5.41, 5.74) is 0.219. The number of unbranched alkanes of at least 4 members (excludes halogenated alkanes) is 1. The number of hydrogen-bond acceptors (Lipinski definition) is 17. The van der Waals surface area contributed by atoms with Crippen molar-refractivity contribution < 1.29 is 82.4 Å². The number of thiophene rings is 1. The summed E-state index contributed by atoms with van der Waals surface area (Å²) in [5.74, 6) is -0.514. The van der Waals surface area contributed by atoms with Crippen molar-refractivity contribution in [1.82, 2.24) is 29.7 Å². The number of alkyl halides is 9. The molecule has 4 heterocycles. The molecule has 0 aliphatic rings. The van der Waals surface area contributed by atoms with E-state index in [1.54, 1.807) is 74.2 Å². The van der Waals surface area contributed by atoms with Gasteiger partial charge in [0.2, 0.25) is 11.8 Å². The van der Waals surface area contributed by atoms with Crippen LogP contribution in [0.4, 0.5) is 62.3 Å². The van der Waals surface area contributed by atoms with Crippen molar-refractivity contribution in [3.05, 3.63) is 188 Å². The zero-order valence-corrected chi connectivity index (χ0v) is 59.4. The lowest BCUT2D eigenvalue weighted by Gasteiger charge is -2.16. The van der Waals surface area contributed by atoms with Gasteiger partial charge in [-0.15, -0.1) is 23.1 Å². The molecule has 0 aliphatic carbocycles. The summed E-state index contributed by atoms with van der Waals surface area (Å²) in [7, 11) is 7.66. The van der Waals surface area contributed by atoms with Crippen LogP contribution >= 0.6 is 23.1 Å².